The van der Waals surface area contributed by atoms with Crippen LogP contribution in [0.15, 0.2) is 35.1 Å². The van der Waals surface area contributed by atoms with Crippen LogP contribution in [-0.2, 0) is 23.2 Å². The normalized spacial score (nSPS) is 22.3. The first-order valence-electron chi connectivity index (χ1n) is 9.06. The number of morpholine rings is 1. The van der Waals surface area contributed by atoms with Gasteiger partial charge in [-0.25, -0.2) is 4.98 Å². The Hall–Kier alpha value is -2.25. The molecule has 0 saturated carbocycles. The van der Waals surface area contributed by atoms with Gasteiger partial charge in [0.1, 0.15) is 5.60 Å². The molecule has 3 aromatic rings. The lowest BCUT2D eigenvalue weighted by Crippen LogP contribution is -2.49. The van der Waals surface area contributed by atoms with Gasteiger partial charge < -0.3 is 9.64 Å². The van der Waals surface area contributed by atoms with Crippen molar-refractivity contribution in [3.63, 3.8) is 0 Å². The fourth-order valence-electron chi connectivity index (χ4n) is 4.07. The molecule has 3 heterocycles. The molecule has 1 saturated heterocycles. The van der Waals surface area contributed by atoms with E-state index in [1.54, 1.807) is 6.07 Å². The lowest BCUT2D eigenvalue weighted by Gasteiger charge is -2.41. The third-order valence-corrected chi connectivity index (χ3v) is 6.38. The van der Waals surface area contributed by atoms with Crippen LogP contribution in [0.5, 0.6) is 0 Å². The second-order valence-corrected chi connectivity index (χ2v) is 7.87. The molecule has 2 aliphatic rings. The van der Waals surface area contributed by atoms with E-state index in [4.69, 9.17) is 4.74 Å². The summed E-state index contributed by atoms with van der Waals surface area (Å²) in [7, 11) is 0. The molecular formula is C19H20N4O2S. The highest BCUT2D eigenvalue weighted by molar-refractivity contribution is 7.20. The van der Waals surface area contributed by atoms with Crippen LogP contribution >= 0.6 is 11.3 Å². The Kier molecular flexibility index (Phi) is 3.62. The Morgan fingerprint density at radius 1 is 1.35 bits per heavy atom. The predicted octanol–water partition coefficient (Wildman–Crippen LogP) is 2.39. The van der Waals surface area contributed by atoms with Gasteiger partial charge >= 0.3 is 0 Å². The van der Waals surface area contributed by atoms with Crippen molar-refractivity contribution in [2.45, 2.75) is 31.8 Å². The zero-order valence-corrected chi connectivity index (χ0v) is 15.5. The van der Waals surface area contributed by atoms with Gasteiger partial charge in [0.2, 0.25) is 10.1 Å². The highest BCUT2D eigenvalue weighted by Gasteiger charge is 2.43. The Balaban J connectivity index is 1.52. The molecule has 1 aliphatic heterocycles. The van der Waals surface area contributed by atoms with E-state index >= 15 is 0 Å². The van der Waals surface area contributed by atoms with Crippen LogP contribution in [0.4, 0.5) is 5.13 Å². The van der Waals surface area contributed by atoms with Gasteiger partial charge in [-0.2, -0.15) is 4.52 Å². The molecule has 134 valence electrons. The third-order valence-electron chi connectivity index (χ3n) is 5.41. The summed E-state index contributed by atoms with van der Waals surface area (Å²) < 4.78 is 7.71. The lowest BCUT2D eigenvalue weighted by atomic mass is 9.94. The first kappa shape index (κ1) is 16.0. The topological polar surface area (TPSA) is 59.7 Å². The smallest absolute Gasteiger partial charge is 0.275 e. The van der Waals surface area contributed by atoms with E-state index in [1.165, 1.54) is 27.0 Å². The second kappa shape index (κ2) is 5.89. The van der Waals surface area contributed by atoms with Gasteiger partial charge in [-0.1, -0.05) is 42.5 Å². The fourth-order valence-corrected chi connectivity index (χ4v) is 5.02. The fraction of sp³-hybridized carbons (Fsp3) is 0.421. The zero-order valence-electron chi connectivity index (χ0n) is 14.6. The van der Waals surface area contributed by atoms with Crippen molar-refractivity contribution >= 4 is 21.4 Å². The Labute approximate surface area is 155 Å². The average molecular weight is 368 g/mol. The van der Waals surface area contributed by atoms with Crippen LogP contribution in [0.2, 0.25) is 0 Å². The molecule has 26 heavy (non-hydrogen) atoms. The van der Waals surface area contributed by atoms with E-state index in [2.05, 4.69) is 39.2 Å². The minimum absolute atomic E-state index is 0.108. The summed E-state index contributed by atoms with van der Waals surface area (Å²) in [5.74, 6) is 0. The number of rotatable bonds is 2. The molecule has 6 nitrogen and oxygen atoms in total. The lowest BCUT2D eigenvalue weighted by molar-refractivity contribution is -0.0592. The summed E-state index contributed by atoms with van der Waals surface area (Å²) in [5, 5.41) is 5.39. The first-order valence-corrected chi connectivity index (χ1v) is 9.87. The molecule has 1 aromatic carbocycles. The van der Waals surface area contributed by atoms with Crippen LogP contribution in [0.3, 0.4) is 0 Å². The van der Waals surface area contributed by atoms with E-state index < -0.39 is 0 Å². The standard InChI is InChI=1S/C19H20N4O2S/c1-2-14-11-16(24)23-17(20-14)26-18(21-23)22-9-10-25-19(12-22)8-7-13-5-3-4-6-15(13)19/h3-6,11H,2,7-10,12H2,1H3. The molecule has 0 N–H and O–H groups in total. The minimum Gasteiger partial charge on any atom is -0.367 e. The maximum atomic E-state index is 12.3. The van der Waals surface area contributed by atoms with Crippen molar-refractivity contribution in [2.24, 2.45) is 0 Å². The van der Waals surface area contributed by atoms with Gasteiger partial charge in [-0.15, -0.1) is 5.10 Å². The van der Waals surface area contributed by atoms with Gasteiger partial charge in [-0.05, 0) is 30.4 Å². The number of fused-ring (bicyclic) bond motifs is 3. The molecule has 0 bridgehead atoms. The Morgan fingerprint density at radius 3 is 3.12 bits per heavy atom. The summed E-state index contributed by atoms with van der Waals surface area (Å²) in [4.78, 5) is 19.8. The van der Waals surface area contributed by atoms with Crippen molar-refractivity contribution in [1.82, 2.24) is 14.6 Å². The van der Waals surface area contributed by atoms with Gasteiger partial charge in [0, 0.05) is 18.3 Å². The van der Waals surface area contributed by atoms with Crippen molar-refractivity contribution in [3.8, 4) is 0 Å². The van der Waals surface area contributed by atoms with E-state index in [0.29, 0.717) is 11.6 Å². The monoisotopic (exact) mass is 368 g/mol. The van der Waals surface area contributed by atoms with Crippen molar-refractivity contribution in [3.05, 3.63) is 57.5 Å². The summed E-state index contributed by atoms with van der Waals surface area (Å²) in [5.41, 5.74) is 3.12. The van der Waals surface area contributed by atoms with Crippen LogP contribution < -0.4 is 10.5 Å². The summed E-state index contributed by atoms with van der Waals surface area (Å²) in [6.07, 6.45) is 2.78. The third kappa shape index (κ3) is 2.38. The summed E-state index contributed by atoms with van der Waals surface area (Å²) in [6.45, 7) is 4.20. The number of ether oxygens (including phenoxy) is 1. The molecule has 1 spiro atoms. The van der Waals surface area contributed by atoms with Gasteiger partial charge in [0.25, 0.3) is 5.56 Å². The first-order chi connectivity index (χ1) is 12.7. The van der Waals surface area contributed by atoms with Crippen LogP contribution in [0, 0.1) is 0 Å². The van der Waals surface area contributed by atoms with Crippen LogP contribution in [0.1, 0.15) is 30.2 Å². The molecule has 1 atom stereocenters. The van der Waals surface area contributed by atoms with E-state index in [-0.39, 0.29) is 11.2 Å². The molecule has 1 unspecified atom stereocenters. The molecular weight excluding hydrogens is 348 g/mol. The number of hydrogen-bond donors (Lipinski definition) is 0. The number of aromatic nitrogens is 3. The molecule has 5 rings (SSSR count). The average Bonchev–Trinajstić information content (AvgIpc) is 3.25. The zero-order chi connectivity index (χ0) is 17.7. The maximum Gasteiger partial charge on any atom is 0.275 e. The SMILES string of the molecule is CCc1cc(=O)n2nc(N3CCOC4(CCc5ccccc54)C3)sc2n1. The van der Waals surface area contributed by atoms with Gasteiger partial charge in [0.15, 0.2) is 0 Å². The van der Waals surface area contributed by atoms with Crippen molar-refractivity contribution in [2.75, 3.05) is 24.6 Å². The molecule has 1 aliphatic carbocycles. The molecule has 2 aromatic heterocycles. The molecule has 0 radical (unpaired) electrons. The van der Waals surface area contributed by atoms with E-state index in [1.807, 2.05) is 6.92 Å². The number of nitrogens with zero attached hydrogens (tertiary/aromatic N) is 4. The minimum atomic E-state index is -0.264. The van der Waals surface area contributed by atoms with Gasteiger partial charge in [0.05, 0.1) is 13.2 Å². The summed E-state index contributed by atoms with van der Waals surface area (Å²) in [6, 6.07) is 10.1. The Morgan fingerprint density at radius 2 is 2.23 bits per heavy atom. The Bertz CT molecular complexity index is 1040. The molecule has 1 fully saturated rings. The number of hydrogen-bond acceptors (Lipinski definition) is 6. The number of aryl methyl sites for hydroxylation is 2. The number of anilines is 1. The van der Waals surface area contributed by atoms with Crippen molar-refractivity contribution in [1.29, 1.82) is 0 Å². The quantitative estimate of drug-likeness (QED) is 0.695. The van der Waals surface area contributed by atoms with Crippen LogP contribution in [0.25, 0.3) is 4.96 Å². The van der Waals surface area contributed by atoms with Gasteiger partial charge in [-0.3, -0.25) is 4.79 Å². The second-order valence-electron chi connectivity index (χ2n) is 6.94. The van der Waals surface area contributed by atoms with E-state index in [0.717, 1.165) is 43.2 Å². The highest BCUT2D eigenvalue weighted by Crippen LogP contribution is 2.43. The molecule has 7 heteroatoms. The largest absolute Gasteiger partial charge is 0.367 e. The predicted molar refractivity (Wildman–Crippen MR) is 101 cm³/mol. The number of benzene rings is 1. The van der Waals surface area contributed by atoms with Crippen LogP contribution in [-0.4, -0.2) is 34.3 Å². The van der Waals surface area contributed by atoms with Crippen molar-refractivity contribution < 1.29 is 4.74 Å². The summed E-state index contributed by atoms with van der Waals surface area (Å²) >= 11 is 1.48. The highest BCUT2D eigenvalue weighted by atomic mass is 32.1. The maximum absolute atomic E-state index is 12.3. The van der Waals surface area contributed by atoms with E-state index in [9.17, 15) is 4.79 Å². The molecule has 0 amide bonds.